The van der Waals surface area contributed by atoms with Crippen molar-refractivity contribution in [2.45, 2.75) is 38.8 Å². The van der Waals surface area contributed by atoms with Crippen molar-refractivity contribution in [1.82, 2.24) is 10.2 Å². The highest BCUT2D eigenvalue weighted by Crippen LogP contribution is 2.21. The zero-order chi connectivity index (χ0) is 27.7. The summed E-state index contributed by atoms with van der Waals surface area (Å²) in [5.41, 5.74) is 3.42. The predicted molar refractivity (Wildman–Crippen MR) is 155 cm³/mol. The molecule has 0 bridgehead atoms. The van der Waals surface area contributed by atoms with Crippen LogP contribution in [0.2, 0.25) is 0 Å². The van der Waals surface area contributed by atoms with Crippen LogP contribution in [0.4, 0.5) is 5.69 Å². The molecule has 7 nitrogen and oxygen atoms in total. The van der Waals surface area contributed by atoms with Crippen LogP contribution in [0.15, 0.2) is 83.3 Å². The Morgan fingerprint density at radius 1 is 0.921 bits per heavy atom. The van der Waals surface area contributed by atoms with Gasteiger partial charge in [0.25, 0.3) is 0 Å². The maximum absolute atomic E-state index is 13.6. The third-order valence-electron chi connectivity index (χ3n) is 6.26. The van der Waals surface area contributed by atoms with Crippen LogP contribution in [-0.4, -0.2) is 51.0 Å². The lowest BCUT2D eigenvalue weighted by atomic mass is 10.0. The van der Waals surface area contributed by atoms with E-state index in [2.05, 4.69) is 21.2 Å². The second-order valence-electron chi connectivity index (χ2n) is 9.24. The van der Waals surface area contributed by atoms with E-state index in [9.17, 15) is 18.0 Å². The number of halogens is 1. The number of carbonyl (C=O) groups excluding carboxylic acids is 2. The molecule has 0 heterocycles. The summed E-state index contributed by atoms with van der Waals surface area (Å²) in [6.45, 7) is 2.35. The van der Waals surface area contributed by atoms with Crippen LogP contribution in [0.25, 0.3) is 0 Å². The van der Waals surface area contributed by atoms with Crippen molar-refractivity contribution in [3.63, 3.8) is 0 Å². The van der Waals surface area contributed by atoms with Crippen LogP contribution < -0.4 is 9.62 Å². The molecular formula is C29H34BrN3O4S. The number of rotatable bonds is 12. The van der Waals surface area contributed by atoms with Gasteiger partial charge in [-0.1, -0.05) is 76.1 Å². The van der Waals surface area contributed by atoms with Crippen LogP contribution in [0.3, 0.4) is 0 Å². The van der Waals surface area contributed by atoms with Crippen molar-refractivity contribution in [1.29, 1.82) is 0 Å². The van der Waals surface area contributed by atoms with Crippen molar-refractivity contribution in [3.8, 4) is 0 Å². The number of nitrogens with zero attached hydrogens (tertiary/aromatic N) is 2. The summed E-state index contributed by atoms with van der Waals surface area (Å²) in [4.78, 5) is 28.3. The molecule has 1 atom stereocenters. The molecule has 3 rings (SSSR count). The van der Waals surface area contributed by atoms with Gasteiger partial charge in [-0.05, 0) is 48.7 Å². The monoisotopic (exact) mass is 599 g/mol. The fourth-order valence-electron chi connectivity index (χ4n) is 4.22. The molecule has 3 aromatic rings. The lowest BCUT2D eigenvalue weighted by Gasteiger charge is -2.31. The van der Waals surface area contributed by atoms with Crippen LogP contribution in [0.1, 0.15) is 29.5 Å². The van der Waals surface area contributed by atoms with Gasteiger partial charge in [-0.25, -0.2) is 8.42 Å². The van der Waals surface area contributed by atoms with E-state index in [4.69, 9.17) is 0 Å². The van der Waals surface area contributed by atoms with Gasteiger partial charge in [0.15, 0.2) is 0 Å². The molecule has 0 unspecified atom stereocenters. The second kappa shape index (κ2) is 13.6. The summed E-state index contributed by atoms with van der Waals surface area (Å²) in [5, 5.41) is 2.71. The van der Waals surface area contributed by atoms with Gasteiger partial charge >= 0.3 is 0 Å². The molecule has 9 heteroatoms. The van der Waals surface area contributed by atoms with E-state index < -0.39 is 16.1 Å². The third-order valence-corrected chi connectivity index (χ3v) is 7.98. The maximum Gasteiger partial charge on any atom is 0.242 e. The van der Waals surface area contributed by atoms with Crippen LogP contribution in [-0.2, 0) is 32.6 Å². The fourth-order valence-corrected chi connectivity index (χ4v) is 5.45. The number of likely N-dealkylation sites (N-methyl/N-ethyl adjacent to an activating group) is 1. The summed E-state index contributed by atoms with van der Waals surface area (Å²) in [6.07, 6.45) is 1.93. The van der Waals surface area contributed by atoms with Crippen LogP contribution in [0, 0.1) is 6.92 Å². The van der Waals surface area contributed by atoms with Gasteiger partial charge in [0.1, 0.15) is 6.04 Å². The van der Waals surface area contributed by atoms with E-state index in [1.165, 1.54) is 4.31 Å². The van der Waals surface area contributed by atoms with E-state index in [-0.39, 0.29) is 31.3 Å². The molecule has 0 fully saturated rings. The highest BCUT2D eigenvalue weighted by molar-refractivity contribution is 9.10. The number of anilines is 1. The Bertz CT molecular complexity index is 1310. The molecule has 0 aliphatic heterocycles. The minimum Gasteiger partial charge on any atom is -0.357 e. The standard InChI is InChI=1S/C29H34BrN3O4S/c1-22-11-17-26(18-12-22)33(38(3,36)37)19-7-10-28(34)32(21-24-13-15-25(30)16-14-24)27(29(35)31-2)20-23-8-5-4-6-9-23/h4-6,8-9,11-18,27H,7,10,19-21H2,1-3H3,(H,31,35)/t27-/m1/s1. The lowest BCUT2D eigenvalue weighted by Crippen LogP contribution is -2.49. The Labute approximate surface area is 234 Å². The molecule has 38 heavy (non-hydrogen) atoms. The van der Waals surface area contributed by atoms with E-state index in [1.54, 1.807) is 24.1 Å². The molecule has 1 N–H and O–H groups in total. The molecule has 0 saturated heterocycles. The van der Waals surface area contributed by atoms with Gasteiger partial charge in [-0.3, -0.25) is 13.9 Å². The van der Waals surface area contributed by atoms with Gasteiger partial charge in [-0.2, -0.15) is 0 Å². The summed E-state index contributed by atoms with van der Waals surface area (Å²) in [5.74, 6) is -0.466. The predicted octanol–water partition coefficient (Wildman–Crippen LogP) is 4.69. The zero-order valence-corrected chi connectivity index (χ0v) is 24.3. The van der Waals surface area contributed by atoms with Crippen molar-refractivity contribution >= 4 is 43.5 Å². The highest BCUT2D eigenvalue weighted by atomic mass is 79.9. The van der Waals surface area contributed by atoms with E-state index in [1.807, 2.05) is 73.7 Å². The van der Waals surface area contributed by atoms with Gasteiger partial charge in [0.05, 0.1) is 11.9 Å². The molecule has 0 aliphatic carbocycles. The number of hydrogen-bond acceptors (Lipinski definition) is 4. The molecule has 0 aliphatic rings. The van der Waals surface area contributed by atoms with Crippen LogP contribution >= 0.6 is 15.9 Å². The smallest absolute Gasteiger partial charge is 0.242 e. The Morgan fingerprint density at radius 2 is 1.55 bits per heavy atom. The number of hydrogen-bond donors (Lipinski definition) is 1. The average molecular weight is 601 g/mol. The summed E-state index contributed by atoms with van der Waals surface area (Å²) < 4.78 is 27.3. The summed E-state index contributed by atoms with van der Waals surface area (Å²) in [7, 11) is -1.97. The molecule has 0 saturated carbocycles. The van der Waals surface area contributed by atoms with Gasteiger partial charge in [0, 0.05) is 37.5 Å². The number of amides is 2. The second-order valence-corrected chi connectivity index (χ2v) is 12.1. The Hall–Kier alpha value is -3.17. The zero-order valence-electron chi connectivity index (χ0n) is 21.9. The van der Waals surface area contributed by atoms with Crippen molar-refractivity contribution < 1.29 is 18.0 Å². The van der Waals surface area contributed by atoms with E-state index >= 15 is 0 Å². The number of aryl methyl sites for hydroxylation is 1. The first-order valence-electron chi connectivity index (χ1n) is 12.4. The molecule has 3 aromatic carbocycles. The number of benzene rings is 3. The number of carbonyl (C=O) groups is 2. The molecule has 202 valence electrons. The van der Waals surface area contributed by atoms with Gasteiger partial charge in [0.2, 0.25) is 21.8 Å². The molecule has 0 spiro atoms. The molecular weight excluding hydrogens is 566 g/mol. The molecule has 0 aromatic heterocycles. The lowest BCUT2D eigenvalue weighted by molar-refractivity contribution is -0.141. The Morgan fingerprint density at radius 3 is 2.13 bits per heavy atom. The summed E-state index contributed by atoms with van der Waals surface area (Å²) in [6, 6.07) is 23.7. The first kappa shape index (κ1) is 29.4. The Balaban J connectivity index is 1.83. The number of sulfonamides is 1. The van der Waals surface area contributed by atoms with Crippen molar-refractivity contribution in [2.75, 3.05) is 24.2 Å². The number of nitrogens with one attached hydrogen (secondary N) is 1. The van der Waals surface area contributed by atoms with Crippen molar-refractivity contribution in [3.05, 3.63) is 100 Å². The Kier molecular flexibility index (Phi) is 10.5. The third kappa shape index (κ3) is 8.43. The highest BCUT2D eigenvalue weighted by Gasteiger charge is 2.30. The maximum atomic E-state index is 13.6. The minimum absolute atomic E-state index is 0.0939. The first-order chi connectivity index (χ1) is 18.1. The van der Waals surface area contributed by atoms with Gasteiger partial charge in [-0.15, -0.1) is 0 Å². The minimum atomic E-state index is -3.54. The topological polar surface area (TPSA) is 86.8 Å². The van der Waals surface area contributed by atoms with Crippen molar-refractivity contribution in [2.24, 2.45) is 0 Å². The summed E-state index contributed by atoms with van der Waals surface area (Å²) >= 11 is 3.44. The van der Waals surface area contributed by atoms with E-state index in [0.29, 0.717) is 18.5 Å². The normalized spacial score (nSPS) is 12.0. The molecule has 0 radical (unpaired) electrons. The molecule has 2 amide bonds. The first-order valence-corrected chi connectivity index (χ1v) is 15.1. The largest absolute Gasteiger partial charge is 0.357 e. The van der Waals surface area contributed by atoms with E-state index in [0.717, 1.165) is 27.4 Å². The van der Waals surface area contributed by atoms with Crippen LogP contribution in [0.5, 0.6) is 0 Å². The SMILES string of the molecule is CNC(=O)[C@@H](Cc1ccccc1)N(Cc1ccc(Br)cc1)C(=O)CCCN(c1ccc(C)cc1)S(C)(=O)=O. The average Bonchev–Trinajstić information content (AvgIpc) is 2.89. The van der Waals surface area contributed by atoms with Gasteiger partial charge < -0.3 is 10.2 Å². The fraction of sp³-hybridized carbons (Fsp3) is 0.310. The quantitative estimate of drug-likeness (QED) is 0.327.